The molecule has 104 valence electrons. The highest BCUT2D eigenvalue weighted by Gasteiger charge is 2.23. The van der Waals surface area contributed by atoms with Crippen molar-refractivity contribution in [2.24, 2.45) is 5.92 Å². The van der Waals surface area contributed by atoms with Crippen molar-refractivity contribution < 1.29 is 14.3 Å². The first kappa shape index (κ1) is 15.5. The highest BCUT2D eigenvalue weighted by atomic mass is 35.5. The zero-order valence-corrected chi connectivity index (χ0v) is 12.0. The van der Waals surface area contributed by atoms with Gasteiger partial charge in [0.2, 0.25) is 5.91 Å². The first-order valence-electron chi connectivity index (χ1n) is 6.07. The fraction of sp³-hybridized carbons (Fsp3) is 0.429. The van der Waals surface area contributed by atoms with Gasteiger partial charge in [-0.15, -0.1) is 0 Å². The molecule has 1 aromatic carbocycles. The monoisotopic (exact) mass is 283 g/mol. The molecule has 0 saturated carbocycles. The largest absolute Gasteiger partial charge is 0.467 e. The van der Waals surface area contributed by atoms with Crippen LogP contribution < -0.4 is 5.32 Å². The lowest BCUT2D eigenvalue weighted by atomic mass is 10.0. The van der Waals surface area contributed by atoms with E-state index in [1.165, 1.54) is 7.11 Å². The Balaban J connectivity index is 2.84. The number of halogens is 1. The Morgan fingerprint density at radius 2 is 1.95 bits per heavy atom. The van der Waals surface area contributed by atoms with Crippen LogP contribution in [0.5, 0.6) is 0 Å². The molecule has 0 unspecified atom stereocenters. The van der Waals surface area contributed by atoms with Crippen molar-refractivity contribution >= 4 is 23.5 Å². The molecule has 1 amide bonds. The summed E-state index contributed by atoms with van der Waals surface area (Å²) in [5.41, 5.74) is 0.795. The molecular weight excluding hydrogens is 266 g/mol. The van der Waals surface area contributed by atoms with Crippen LogP contribution in [0.2, 0.25) is 5.02 Å². The molecule has 0 radical (unpaired) electrons. The summed E-state index contributed by atoms with van der Waals surface area (Å²) in [6.07, 6.45) is 0.310. The predicted molar refractivity (Wildman–Crippen MR) is 73.9 cm³/mol. The quantitative estimate of drug-likeness (QED) is 0.843. The average molecular weight is 284 g/mol. The van der Waals surface area contributed by atoms with Gasteiger partial charge >= 0.3 is 5.97 Å². The Hall–Kier alpha value is -1.55. The number of carbonyl (C=O) groups is 2. The predicted octanol–water partition coefficient (Wildman–Crippen LogP) is 2.20. The van der Waals surface area contributed by atoms with Crippen LogP contribution in [-0.4, -0.2) is 25.0 Å². The summed E-state index contributed by atoms with van der Waals surface area (Å²) in [5, 5.41) is 3.24. The zero-order valence-electron chi connectivity index (χ0n) is 11.3. The molecule has 0 aliphatic heterocycles. The molecule has 1 atom stereocenters. The van der Waals surface area contributed by atoms with Crippen LogP contribution in [-0.2, 0) is 20.7 Å². The van der Waals surface area contributed by atoms with Crippen LogP contribution in [0.1, 0.15) is 19.4 Å². The number of hydrogen-bond donors (Lipinski definition) is 1. The molecule has 1 aromatic rings. The minimum absolute atomic E-state index is 0.192. The third-order valence-electron chi connectivity index (χ3n) is 2.71. The molecular formula is C14H18ClNO3. The molecule has 19 heavy (non-hydrogen) atoms. The number of ether oxygens (including phenoxy) is 1. The van der Waals surface area contributed by atoms with E-state index in [-0.39, 0.29) is 11.8 Å². The van der Waals surface area contributed by atoms with Crippen LogP contribution in [0.25, 0.3) is 0 Å². The van der Waals surface area contributed by atoms with Crippen molar-refractivity contribution in [1.29, 1.82) is 0 Å². The minimum atomic E-state index is -0.722. The van der Waals surface area contributed by atoms with E-state index in [2.05, 4.69) is 5.32 Å². The van der Waals surface area contributed by atoms with E-state index in [4.69, 9.17) is 16.3 Å². The topological polar surface area (TPSA) is 55.4 Å². The average Bonchev–Trinajstić information content (AvgIpc) is 2.39. The second-order valence-electron chi connectivity index (χ2n) is 4.53. The molecule has 0 fully saturated rings. The standard InChI is InChI=1S/C14H18ClNO3/c1-9(2)13(17)16-12(14(18)19-3)8-10-6-4-5-7-11(10)15/h4-7,9,12H,8H2,1-3H3,(H,16,17)/t12-/m0/s1. The van der Waals surface area contributed by atoms with Crippen LogP contribution in [0.15, 0.2) is 24.3 Å². The lowest BCUT2D eigenvalue weighted by molar-refractivity contribution is -0.145. The number of benzene rings is 1. The van der Waals surface area contributed by atoms with Gasteiger partial charge in [0.15, 0.2) is 0 Å². The van der Waals surface area contributed by atoms with Gasteiger partial charge in [-0.05, 0) is 11.6 Å². The third kappa shape index (κ3) is 4.56. The smallest absolute Gasteiger partial charge is 0.328 e. The van der Waals surface area contributed by atoms with Crippen LogP contribution in [0, 0.1) is 5.92 Å². The number of amides is 1. The van der Waals surface area contributed by atoms with Gasteiger partial charge in [0.05, 0.1) is 7.11 Å². The van der Waals surface area contributed by atoms with Gasteiger partial charge in [-0.1, -0.05) is 43.6 Å². The third-order valence-corrected chi connectivity index (χ3v) is 3.08. The lowest BCUT2D eigenvalue weighted by Gasteiger charge is -2.18. The number of rotatable bonds is 5. The molecule has 0 aliphatic rings. The highest BCUT2D eigenvalue weighted by Crippen LogP contribution is 2.17. The molecule has 0 spiro atoms. The van der Waals surface area contributed by atoms with E-state index < -0.39 is 12.0 Å². The van der Waals surface area contributed by atoms with Crippen LogP contribution in [0.3, 0.4) is 0 Å². The molecule has 5 heteroatoms. The van der Waals surface area contributed by atoms with Gasteiger partial charge in [-0.2, -0.15) is 0 Å². The zero-order chi connectivity index (χ0) is 14.4. The number of nitrogens with one attached hydrogen (secondary N) is 1. The van der Waals surface area contributed by atoms with E-state index >= 15 is 0 Å². The summed E-state index contributed by atoms with van der Waals surface area (Å²) < 4.78 is 4.71. The van der Waals surface area contributed by atoms with Crippen molar-refractivity contribution in [2.75, 3.05) is 7.11 Å². The molecule has 0 bridgehead atoms. The number of methoxy groups -OCH3 is 1. The van der Waals surface area contributed by atoms with E-state index in [1.807, 2.05) is 18.2 Å². The Labute approximate surface area is 118 Å². The van der Waals surface area contributed by atoms with Crippen molar-refractivity contribution in [2.45, 2.75) is 26.3 Å². The normalized spacial score (nSPS) is 12.1. The fourth-order valence-corrected chi connectivity index (χ4v) is 1.77. The summed E-state index contributed by atoms with van der Waals surface area (Å²) >= 11 is 6.05. The van der Waals surface area contributed by atoms with Gasteiger partial charge in [0, 0.05) is 17.4 Å². The molecule has 0 aromatic heterocycles. The summed E-state index contributed by atoms with van der Waals surface area (Å²) in [4.78, 5) is 23.4. The summed E-state index contributed by atoms with van der Waals surface area (Å²) in [7, 11) is 1.30. The van der Waals surface area contributed by atoms with Crippen molar-refractivity contribution in [3.8, 4) is 0 Å². The van der Waals surface area contributed by atoms with E-state index in [0.717, 1.165) is 5.56 Å². The Bertz CT molecular complexity index is 460. The minimum Gasteiger partial charge on any atom is -0.467 e. The number of hydrogen-bond acceptors (Lipinski definition) is 3. The maximum Gasteiger partial charge on any atom is 0.328 e. The SMILES string of the molecule is COC(=O)[C@H](Cc1ccccc1Cl)NC(=O)C(C)C. The van der Waals surface area contributed by atoms with Crippen molar-refractivity contribution in [3.63, 3.8) is 0 Å². The van der Waals surface area contributed by atoms with E-state index in [1.54, 1.807) is 19.9 Å². The molecule has 1 N–H and O–H groups in total. The molecule has 1 rings (SSSR count). The first-order chi connectivity index (χ1) is 8.95. The Kier molecular flexibility index (Phi) is 5.83. The molecule has 0 saturated heterocycles. The fourth-order valence-electron chi connectivity index (χ4n) is 1.56. The second kappa shape index (κ2) is 7.14. The van der Waals surface area contributed by atoms with Gasteiger partial charge in [0.25, 0.3) is 0 Å². The maximum absolute atomic E-state index is 11.7. The van der Waals surface area contributed by atoms with Gasteiger partial charge in [0.1, 0.15) is 6.04 Å². The highest BCUT2D eigenvalue weighted by molar-refractivity contribution is 6.31. The first-order valence-corrected chi connectivity index (χ1v) is 6.45. The summed E-state index contributed by atoms with van der Waals surface area (Å²) in [5.74, 6) is -0.866. The van der Waals surface area contributed by atoms with Crippen LogP contribution >= 0.6 is 11.6 Å². The van der Waals surface area contributed by atoms with E-state index in [9.17, 15) is 9.59 Å². The Morgan fingerprint density at radius 1 is 1.32 bits per heavy atom. The number of esters is 1. The van der Waals surface area contributed by atoms with E-state index in [0.29, 0.717) is 11.4 Å². The van der Waals surface area contributed by atoms with Gasteiger partial charge in [-0.3, -0.25) is 4.79 Å². The van der Waals surface area contributed by atoms with Crippen molar-refractivity contribution in [1.82, 2.24) is 5.32 Å². The number of carbonyl (C=O) groups excluding carboxylic acids is 2. The van der Waals surface area contributed by atoms with Crippen LogP contribution in [0.4, 0.5) is 0 Å². The maximum atomic E-state index is 11.7. The van der Waals surface area contributed by atoms with Crippen molar-refractivity contribution in [3.05, 3.63) is 34.9 Å². The summed E-state index contributed by atoms with van der Waals surface area (Å²) in [6, 6.07) is 6.49. The lowest BCUT2D eigenvalue weighted by Crippen LogP contribution is -2.44. The molecule has 0 heterocycles. The molecule has 0 aliphatic carbocycles. The van der Waals surface area contributed by atoms with Gasteiger partial charge in [-0.25, -0.2) is 4.79 Å². The Morgan fingerprint density at radius 3 is 2.47 bits per heavy atom. The molecule has 4 nitrogen and oxygen atoms in total. The van der Waals surface area contributed by atoms with Gasteiger partial charge < -0.3 is 10.1 Å². The summed E-state index contributed by atoms with van der Waals surface area (Å²) in [6.45, 7) is 3.53. The second-order valence-corrected chi connectivity index (χ2v) is 4.94.